The van der Waals surface area contributed by atoms with Gasteiger partial charge in [-0.15, -0.1) is 0 Å². The smallest absolute Gasteiger partial charge is 0.335 e. The third-order valence-electron chi connectivity index (χ3n) is 2.49. The normalized spacial score (nSPS) is 14.2. The molecule has 4 nitrogen and oxygen atoms in total. The molecule has 0 bridgehead atoms. The zero-order valence-electron chi connectivity index (χ0n) is 10.2. The van der Waals surface area contributed by atoms with Gasteiger partial charge in [-0.1, -0.05) is 6.92 Å². The summed E-state index contributed by atoms with van der Waals surface area (Å²) in [6, 6.07) is 3.30. The first-order chi connectivity index (χ1) is 8.47. The van der Waals surface area contributed by atoms with Crippen molar-refractivity contribution in [2.75, 3.05) is 13.7 Å². The molecule has 0 aliphatic heterocycles. The average molecular weight is 274 g/mol. The molecule has 2 unspecified atom stereocenters. The number of aromatic carboxylic acids is 1. The number of hydrogen-bond donors (Lipinski definition) is 1. The number of benzene rings is 1. The molecule has 0 radical (unpaired) electrons. The van der Waals surface area contributed by atoms with Crippen molar-refractivity contribution < 1.29 is 23.2 Å². The van der Waals surface area contributed by atoms with E-state index in [-0.39, 0.29) is 15.7 Å². The van der Waals surface area contributed by atoms with Gasteiger partial charge in [0.15, 0.2) is 0 Å². The van der Waals surface area contributed by atoms with Crippen molar-refractivity contribution in [3.63, 3.8) is 0 Å². The molecule has 1 aromatic rings. The summed E-state index contributed by atoms with van der Waals surface area (Å²) >= 11 is 0. The van der Waals surface area contributed by atoms with Gasteiger partial charge in [0.25, 0.3) is 0 Å². The standard InChI is InChI=1S/C12H15FO4S/c1-8(5-6-17-2)18(16)11-7-9(12(14)15)3-4-10(11)13/h3-4,7-8H,5-6H2,1-2H3,(H,14,15). The summed E-state index contributed by atoms with van der Waals surface area (Å²) in [7, 11) is -0.0573. The number of carbonyl (C=O) groups is 1. The topological polar surface area (TPSA) is 63.6 Å². The Morgan fingerprint density at radius 1 is 1.56 bits per heavy atom. The maximum absolute atomic E-state index is 13.5. The molecule has 100 valence electrons. The van der Waals surface area contributed by atoms with Crippen molar-refractivity contribution in [2.24, 2.45) is 0 Å². The molecular weight excluding hydrogens is 259 g/mol. The van der Waals surface area contributed by atoms with Crippen molar-refractivity contribution >= 4 is 16.8 Å². The Hall–Kier alpha value is -1.27. The van der Waals surface area contributed by atoms with Crippen LogP contribution in [0.25, 0.3) is 0 Å². The van der Waals surface area contributed by atoms with Gasteiger partial charge in [0.2, 0.25) is 0 Å². The number of rotatable bonds is 6. The third-order valence-corrected chi connectivity index (χ3v) is 4.20. The summed E-state index contributed by atoms with van der Waals surface area (Å²) in [5.74, 6) is -1.82. The van der Waals surface area contributed by atoms with Crippen LogP contribution in [0.4, 0.5) is 4.39 Å². The van der Waals surface area contributed by atoms with Gasteiger partial charge < -0.3 is 9.84 Å². The van der Waals surface area contributed by atoms with Gasteiger partial charge in [-0.05, 0) is 24.6 Å². The Kier molecular flexibility index (Phi) is 5.43. The largest absolute Gasteiger partial charge is 0.478 e. The molecule has 0 spiro atoms. The summed E-state index contributed by atoms with van der Waals surface area (Å²) < 4.78 is 30.5. The molecule has 18 heavy (non-hydrogen) atoms. The summed E-state index contributed by atoms with van der Waals surface area (Å²) in [5.41, 5.74) is -0.0707. The molecule has 1 aromatic carbocycles. The molecule has 0 fully saturated rings. The highest BCUT2D eigenvalue weighted by atomic mass is 32.2. The first-order valence-electron chi connectivity index (χ1n) is 5.39. The van der Waals surface area contributed by atoms with Gasteiger partial charge in [-0.2, -0.15) is 0 Å². The van der Waals surface area contributed by atoms with Crippen LogP contribution in [0.2, 0.25) is 0 Å². The van der Waals surface area contributed by atoms with Crippen LogP contribution in [-0.2, 0) is 15.5 Å². The second-order valence-corrected chi connectivity index (χ2v) is 5.68. The van der Waals surface area contributed by atoms with Gasteiger partial charge >= 0.3 is 5.97 Å². The highest BCUT2D eigenvalue weighted by Gasteiger charge is 2.18. The minimum absolute atomic E-state index is 0.0707. The van der Waals surface area contributed by atoms with Crippen molar-refractivity contribution in [1.82, 2.24) is 0 Å². The van der Waals surface area contributed by atoms with Crippen molar-refractivity contribution in [1.29, 1.82) is 0 Å². The van der Waals surface area contributed by atoms with Crippen LogP contribution in [0.3, 0.4) is 0 Å². The average Bonchev–Trinajstić information content (AvgIpc) is 2.35. The molecule has 0 aromatic heterocycles. The van der Waals surface area contributed by atoms with Crippen LogP contribution in [0.5, 0.6) is 0 Å². The van der Waals surface area contributed by atoms with Crippen molar-refractivity contribution in [3.05, 3.63) is 29.6 Å². The lowest BCUT2D eigenvalue weighted by Gasteiger charge is -2.12. The third kappa shape index (κ3) is 3.61. The van der Waals surface area contributed by atoms with E-state index in [9.17, 15) is 13.4 Å². The molecule has 1 N–H and O–H groups in total. The Morgan fingerprint density at radius 2 is 2.22 bits per heavy atom. The lowest BCUT2D eigenvalue weighted by Crippen LogP contribution is -2.15. The summed E-state index contributed by atoms with van der Waals surface area (Å²) in [5, 5.41) is 8.52. The summed E-state index contributed by atoms with van der Waals surface area (Å²) in [4.78, 5) is 10.7. The van der Waals surface area contributed by atoms with E-state index >= 15 is 0 Å². The molecule has 6 heteroatoms. The fourth-order valence-corrected chi connectivity index (χ4v) is 2.65. The molecule has 0 saturated heterocycles. The molecule has 0 heterocycles. The molecular formula is C12H15FO4S. The number of hydrogen-bond acceptors (Lipinski definition) is 3. The fourth-order valence-electron chi connectivity index (χ4n) is 1.40. The first kappa shape index (κ1) is 14.8. The van der Waals surface area contributed by atoms with Gasteiger partial charge in [0.1, 0.15) is 5.82 Å². The van der Waals surface area contributed by atoms with Gasteiger partial charge in [-0.3, -0.25) is 4.21 Å². The van der Waals surface area contributed by atoms with E-state index in [4.69, 9.17) is 9.84 Å². The van der Waals surface area contributed by atoms with E-state index in [0.717, 1.165) is 18.2 Å². The van der Waals surface area contributed by atoms with E-state index in [1.807, 2.05) is 0 Å². The van der Waals surface area contributed by atoms with E-state index in [1.54, 1.807) is 6.92 Å². The number of halogens is 1. The van der Waals surface area contributed by atoms with E-state index < -0.39 is 22.6 Å². The number of methoxy groups -OCH3 is 1. The second-order valence-electron chi connectivity index (χ2n) is 3.84. The Labute approximate surface area is 107 Å². The van der Waals surface area contributed by atoms with Crippen LogP contribution >= 0.6 is 0 Å². The quantitative estimate of drug-likeness (QED) is 0.862. The lowest BCUT2D eigenvalue weighted by atomic mass is 10.2. The highest BCUT2D eigenvalue weighted by Crippen LogP contribution is 2.19. The SMILES string of the molecule is COCCC(C)S(=O)c1cc(C(=O)O)ccc1F. The molecule has 2 atom stereocenters. The molecule has 1 rings (SSSR count). The van der Waals surface area contributed by atoms with Crippen LogP contribution in [-0.4, -0.2) is 34.3 Å². The van der Waals surface area contributed by atoms with Crippen LogP contribution in [0, 0.1) is 5.82 Å². The fraction of sp³-hybridized carbons (Fsp3) is 0.417. The van der Waals surface area contributed by atoms with Crippen LogP contribution < -0.4 is 0 Å². The van der Waals surface area contributed by atoms with Crippen LogP contribution in [0.1, 0.15) is 23.7 Å². The van der Waals surface area contributed by atoms with Gasteiger partial charge in [0, 0.05) is 19.0 Å². The van der Waals surface area contributed by atoms with E-state index in [1.165, 1.54) is 7.11 Å². The number of carboxylic acids is 1. The lowest BCUT2D eigenvalue weighted by molar-refractivity contribution is 0.0696. The van der Waals surface area contributed by atoms with Gasteiger partial charge in [0.05, 0.1) is 21.3 Å². The predicted octanol–water partition coefficient (Wildman–Crippen LogP) is 2.06. The number of ether oxygens (including phenoxy) is 1. The maximum atomic E-state index is 13.5. The Bertz CT molecular complexity index is 461. The van der Waals surface area contributed by atoms with Crippen LogP contribution in [0.15, 0.2) is 23.1 Å². The second kappa shape index (κ2) is 6.61. The summed E-state index contributed by atoms with van der Waals surface area (Å²) in [6.45, 7) is 2.13. The minimum Gasteiger partial charge on any atom is -0.478 e. The first-order valence-corrected chi connectivity index (χ1v) is 6.61. The van der Waals surface area contributed by atoms with Crippen molar-refractivity contribution in [3.8, 4) is 0 Å². The molecule has 0 aliphatic rings. The Morgan fingerprint density at radius 3 is 2.78 bits per heavy atom. The van der Waals surface area contributed by atoms with E-state index in [0.29, 0.717) is 13.0 Å². The Balaban J connectivity index is 2.97. The zero-order chi connectivity index (χ0) is 13.7. The van der Waals surface area contributed by atoms with E-state index in [2.05, 4.69) is 0 Å². The monoisotopic (exact) mass is 274 g/mol. The van der Waals surface area contributed by atoms with Gasteiger partial charge in [-0.25, -0.2) is 9.18 Å². The maximum Gasteiger partial charge on any atom is 0.335 e. The minimum atomic E-state index is -1.59. The highest BCUT2D eigenvalue weighted by molar-refractivity contribution is 7.85. The number of carboxylic acid groups (broad SMARTS) is 1. The zero-order valence-corrected chi connectivity index (χ0v) is 11.0. The predicted molar refractivity (Wildman–Crippen MR) is 65.7 cm³/mol. The summed E-state index contributed by atoms with van der Waals surface area (Å²) in [6.07, 6.45) is 0.514. The molecule has 0 amide bonds. The molecule has 0 aliphatic carbocycles. The van der Waals surface area contributed by atoms with Crippen molar-refractivity contribution in [2.45, 2.75) is 23.5 Å². The molecule has 0 saturated carbocycles.